The molecule has 4 N–H and O–H groups in total. The zero-order valence-corrected chi connectivity index (χ0v) is 18.5. The zero-order chi connectivity index (χ0) is 21.7. The van der Waals surface area contributed by atoms with Crippen LogP contribution in [0.3, 0.4) is 0 Å². The summed E-state index contributed by atoms with van der Waals surface area (Å²) in [6.45, 7) is 10.3. The molecule has 2 aliphatic rings. The maximum absolute atomic E-state index is 13.3. The van der Waals surface area contributed by atoms with E-state index in [0.717, 1.165) is 32.6 Å². The number of carbonyl (C=O) groups is 2. The van der Waals surface area contributed by atoms with Crippen LogP contribution in [0, 0.1) is 17.7 Å². The lowest BCUT2D eigenvalue weighted by atomic mass is 9.78. The highest BCUT2D eigenvalue weighted by Gasteiger charge is 2.34. The Labute approximate surface area is 179 Å². The van der Waals surface area contributed by atoms with Crippen molar-refractivity contribution in [2.75, 3.05) is 38.0 Å². The molecular formula is C23H37FN4O2+2. The van der Waals surface area contributed by atoms with Crippen molar-refractivity contribution in [2.24, 2.45) is 11.8 Å². The summed E-state index contributed by atoms with van der Waals surface area (Å²) in [6, 6.07) is 6.17. The van der Waals surface area contributed by atoms with Gasteiger partial charge in [0.2, 0.25) is 0 Å². The molecule has 0 aromatic heterocycles. The highest BCUT2D eigenvalue weighted by molar-refractivity contribution is 5.91. The second-order valence-corrected chi connectivity index (χ2v) is 9.25. The van der Waals surface area contributed by atoms with Gasteiger partial charge in [0.25, 0.3) is 11.8 Å². The Morgan fingerprint density at radius 2 is 1.90 bits per heavy atom. The number of hydrogen-bond acceptors (Lipinski definition) is 2. The quantitative estimate of drug-likeness (QED) is 0.518. The first-order valence-electron chi connectivity index (χ1n) is 11.4. The van der Waals surface area contributed by atoms with Gasteiger partial charge in [0, 0.05) is 11.7 Å². The molecule has 0 bridgehead atoms. The number of amides is 2. The first-order valence-corrected chi connectivity index (χ1v) is 11.4. The summed E-state index contributed by atoms with van der Waals surface area (Å²) in [5, 5.41) is 6.07. The number of piperazine rings is 1. The highest BCUT2D eigenvalue weighted by Crippen LogP contribution is 2.29. The number of hydrogen-bond donors (Lipinski definition) is 4. The predicted octanol–water partition coefficient (Wildman–Crippen LogP) is -0.123. The highest BCUT2D eigenvalue weighted by atomic mass is 19.1. The van der Waals surface area contributed by atoms with Gasteiger partial charge in [-0.05, 0) is 43.4 Å². The second-order valence-electron chi connectivity index (χ2n) is 9.25. The van der Waals surface area contributed by atoms with Gasteiger partial charge in [-0.15, -0.1) is 0 Å². The Balaban J connectivity index is 1.42. The van der Waals surface area contributed by atoms with E-state index < -0.39 is 0 Å². The van der Waals surface area contributed by atoms with E-state index in [4.69, 9.17) is 0 Å². The SMILES string of the molecule is C[C@@H]1[C@H](C)CCC[C@H]1NC(=O)[C@@H](C)[NH+]1CC[NH+](CC(=O)Nc2cccc(F)c2)CC1. The number of halogens is 1. The van der Waals surface area contributed by atoms with E-state index in [1.165, 1.54) is 34.8 Å². The molecule has 4 atom stereocenters. The summed E-state index contributed by atoms with van der Waals surface area (Å²) in [6.07, 6.45) is 3.53. The zero-order valence-electron chi connectivity index (χ0n) is 18.5. The van der Waals surface area contributed by atoms with Gasteiger partial charge < -0.3 is 20.4 Å². The minimum atomic E-state index is -0.360. The van der Waals surface area contributed by atoms with Crippen LogP contribution in [0.15, 0.2) is 24.3 Å². The lowest BCUT2D eigenvalue weighted by Crippen LogP contribution is -3.30. The van der Waals surface area contributed by atoms with Crippen LogP contribution in [0.1, 0.15) is 40.0 Å². The van der Waals surface area contributed by atoms with Crippen molar-refractivity contribution in [1.82, 2.24) is 5.32 Å². The van der Waals surface area contributed by atoms with Gasteiger partial charge in [-0.2, -0.15) is 0 Å². The normalized spacial score (nSPS) is 30.3. The molecule has 1 aromatic carbocycles. The van der Waals surface area contributed by atoms with Crippen LogP contribution in [0.25, 0.3) is 0 Å². The first-order chi connectivity index (χ1) is 14.3. The monoisotopic (exact) mass is 420 g/mol. The maximum Gasteiger partial charge on any atom is 0.279 e. The molecule has 0 spiro atoms. The smallest absolute Gasteiger partial charge is 0.279 e. The molecule has 30 heavy (non-hydrogen) atoms. The van der Waals surface area contributed by atoms with Crippen molar-refractivity contribution in [2.45, 2.75) is 52.1 Å². The van der Waals surface area contributed by atoms with E-state index in [9.17, 15) is 14.0 Å². The molecule has 6 nitrogen and oxygen atoms in total. The summed E-state index contributed by atoms with van der Waals surface area (Å²) in [4.78, 5) is 27.6. The van der Waals surface area contributed by atoms with Crippen molar-refractivity contribution >= 4 is 17.5 Å². The van der Waals surface area contributed by atoms with Crippen molar-refractivity contribution < 1.29 is 23.8 Å². The van der Waals surface area contributed by atoms with Crippen molar-refractivity contribution in [3.63, 3.8) is 0 Å². The number of carbonyl (C=O) groups excluding carboxylic acids is 2. The summed E-state index contributed by atoms with van der Waals surface area (Å²) >= 11 is 0. The fraction of sp³-hybridized carbons (Fsp3) is 0.652. The second kappa shape index (κ2) is 10.4. The molecule has 1 saturated heterocycles. The number of benzene rings is 1. The predicted molar refractivity (Wildman–Crippen MR) is 115 cm³/mol. The minimum Gasteiger partial charge on any atom is -0.348 e. The fourth-order valence-electron chi connectivity index (χ4n) is 4.81. The average Bonchev–Trinajstić information content (AvgIpc) is 2.71. The van der Waals surface area contributed by atoms with Crippen LogP contribution in [0.5, 0.6) is 0 Å². The van der Waals surface area contributed by atoms with E-state index in [1.807, 2.05) is 6.92 Å². The Kier molecular flexibility index (Phi) is 7.83. The first kappa shape index (κ1) is 22.7. The number of nitrogens with one attached hydrogen (secondary N) is 4. The van der Waals surface area contributed by atoms with Gasteiger partial charge >= 0.3 is 0 Å². The molecule has 0 unspecified atom stereocenters. The lowest BCUT2D eigenvalue weighted by molar-refractivity contribution is -1.01. The molecule has 1 aliphatic heterocycles. The molecule has 1 heterocycles. The van der Waals surface area contributed by atoms with E-state index in [0.29, 0.717) is 30.1 Å². The van der Waals surface area contributed by atoms with Gasteiger partial charge in [-0.3, -0.25) is 9.59 Å². The van der Waals surface area contributed by atoms with Gasteiger partial charge in [-0.1, -0.05) is 32.8 Å². The van der Waals surface area contributed by atoms with Gasteiger partial charge in [0.05, 0.1) is 0 Å². The molecule has 2 fully saturated rings. The molecule has 7 heteroatoms. The molecule has 0 radical (unpaired) electrons. The van der Waals surface area contributed by atoms with Crippen LogP contribution in [0.4, 0.5) is 10.1 Å². The largest absolute Gasteiger partial charge is 0.348 e. The fourth-order valence-corrected chi connectivity index (χ4v) is 4.81. The third-order valence-corrected chi connectivity index (χ3v) is 7.16. The Morgan fingerprint density at radius 3 is 2.60 bits per heavy atom. The van der Waals surface area contributed by atoms with Gasteiger partial charge in [-0.25, -0.2) is 4.39 Å². The molecule has 1 aliphatic carbocycles. The van der Waals surface area contributed by atoms with Crippen molar-refractivity contribution in [3.8, 4) is 0 Å². The average molecular weight is 421 g/mol. The Hall–Kier alpha value is -1.99. The van der Waals surface area contributed by atoms with E-state index >= 15 is 0 Å². The van der Waals surface area contributed by atoms with E-state index in [2.05, 4.69) is 24.5 Å². The van der Waals surface area contributed by atoms with E-state index in [1.54, 1.807) is 12.1 Å². The Morgan fingerprint density at radius 1 is 1.17 bits per heavy atom. The molecule has 3 rings (SSSR count). The molecule has 2 amide bonds. The molecule has 1 saturated carbocycles. The molecule has 166 valence electrons. The lowest BCUT2D eigenvalue weighted by Gasteiger charge is -2.36. The van der Waals surface area contributed by atoms with E-state index in [-0.39, 0.29) is 23.7 Å². The summed E-state index contributed by atoms with van der Waals surface area (Å²) in [7, 11) is 0. The standard InChI is InChI=1S/C23H35FN4O2/c1-16-6-4-9-21(17(16)2)26-23(30)18(3)28-12-10-27(11-13-28)15-22(29)25-20-8-5-7-19(24)14-20/h5,7-8,14,16-18,21H,4,6,9-13,15H2,1-3H3,(H,25,29)(H,26,30)/p+2/t16-,17-,18-,21-/m1/s1. The topological polar surface area (TPSA) is 67.1 Å². The van der Waals surface area contributed by atoms with Crippen LogP contribution < -0.4 is 20.4 Å². The van der Waals surface area contributed by atoms with Gasteiger partial charge in [0.1, 0.15) is 32.0 Å². The van der Waals surface area contributed by atoms with Crippen LogP contribution >= 0.6 is 0 Å². The number of quaternary nitrogens is 2. The third-order valence-electron chi connectivity index (χ3n) is 7.16. The van der Waals surface area contributed by atoms with Gasteiger partial charge in [0.15, 0.2) is 12.6 Å². The summed E-state index contributed by atoms with van der Waals surface area (Å²) in [5.41, 5.74) is 0.486. The van der Waals surface area contributed by atoms with Crippen LogP contribution in [-0.4, -0.2) is 56.6 Å². The molecule has 1 aromatic rings. The number of anilines is 1. The van der Waals surface area contributed by atoms with Crippen molar-refractivity contribution in [3.05, 3.63) is 30.1 Å². The maximum atomic E-state index is 13.3. The Bertz CT molecular complexity index is 736. The minimum absolute atomic E-state index is 0.0721. The number of rotatable bonds is 6. The van der Waals surface area contributed by atoms with Crippen LogP contribution in [-0.2, 0) is 9.59 Å². The molecular weight excluding hydrogens is 383 g/mol. The summed E-state index contributed by atoms with van der Waals surface area (Å²) < 4.78 is 13.3. The van der Waals surface area contributed by atoms with Crippen molar-refractivity contribution in [1.29, 1.82) is 0 Å². The third kappa shape index (κ3) is 6.01. The van der Waals surface area contributed by atoms with Crippen LogP contribution in [0.2, 0.25) is 0 Å². The summed E-state index contributed by atoms with van der Waals surface area (Å²) in [5.74, 6) is 0.885.